The van der Waals surface area contributed by atoms with E-state index in [9.17, 15) is 14.6 Å². The summed E-state index contributed by atoms with van der Waals surface area (Å²) >= 11 is 0. The Morgan fingerprint density at radius 3 is 2.59 bits per heavy atom. The molecule has 0 radical (unpaired) electrons. The van der Waals surface area contributed by atoms with Gasteiger partial charge in [0.15, 0.2) is 17.3 Å². The highest BCUT2D eigenvalue weighted by atomic mass is 19.1. The molecule has 2 rings (SSSR count). The van der Waals surface area contributed by atoms with Gasteiger partial charge in [-0.1, -0.05) is 0 Å². The van der Waals surface area contributed by atoms with Gasteiger partial charge in [0.2, 0.25) is 0 Å². The van der Waals surface area contributed by atoms with Gasteiger partial charge in [-0.15, -0.1) is 0 Å². The Morgan fingerprint density at radius 2 is 1.94 bits per heavy atom. The highest BCUT2D eigenvalue weighted by molar-refractivity contribution is 5.48. The second-order valence-corrected chi connectivity index (χ2v) is 4.39. The van der Waals surface area contributed by atoms with E-state index in [-0.39, 0.29) is 5.75 Å². The minimum Gasteiger partial charge on any atom is -0.504 e. The molecule has 0 spiro atoms. The minimum absolute atomic E-state index is 0.369. The molecule has 1 aliphatic heterocycles. The Kier molecular flexibility index (Phi) is 3.49. The molecule has 0 aliphatic carbocycles. The number of nitrogens with one attached hydrogen (secondary N) is 1. The van der Waals surface area contributed by atoms with E-state index in [1.54, 1.807) is 13.0 Å². The zero-order chi connectivity index (χ0) is 12.4. The Bertz CT molecular complexity index is 417. The predicted molar refractivity (Wildman–Crippen MR) is 62.6 cm³/mol. The van der Waals surface area contributed by atoms with E-state index in [0.717, 1.165) is 26.2 Å². The average Bonchev–Trinajstić information content (AvgIpc) is 2.35. The molecule has 0 atom stereocenters. The maximum absolute atomic E-state index is 13.7. The molecule has 1 aromatic rings. The molecule has 17 heavy (non-hydrogen) atoms. The van der Waals surface area contributed by atoms with E-state index in [4.69, 9.17) is 0 Å². The van der Waals surface area contributed by atoms with Gasteiger partial charge in [0.1, 0.15) is 0 Å². The minimum atomic E-state index is -0.716. The van der Waals surface area contributed by atoms with Crippen molar-refractivity contribution in [1.82, 2.24) is 10.2 Å². The fraction of sp³-hybridized carbons (Fsp3) is 0.500. The monoisotopic (exact) mass is 240 g/mol. The van der Waals surface area contributed by atoms with Crippen LogP contribution in [0, 0.1) is 12.7 Å². The van der Waals surface area contributed by atoms with Crippen LogP contribution in [0.25, 0.3) is 0 Å². The van der Waals surface area contributed by atoms with Crippen molar-refractivity contribution < 1.29 is 14.6 Å². The number of benzene rings is 1. The summed E-state index contributed by atoms with van der Waals surface area (Å²) in [4.78, 5) is 2.12. The number of phenols is 2. The maximum atomic E-state index is 13.7. The fourth-order valence-corrected chi connectivity index (χ4v) is 2.06. The van der Waals surface area contributed by atoms with E-state index >= 15 is 0 Å². The van der Waals surface area contributed by atoms with E-state index < -0.39 is 11.6 Å². The number of hydrogen-bond acceptors (Lipinski definition) is 4. The van der Waals surface area contributed by atoms with Crippen LogP contribution in [0.2, 0.25) is 0 Å². The normalized spacial score (nSPS) is 17.3. The van der Waals surface area contributed by atoms with Crippen molar-refractivity contribution in [3.63, 3.8) is 0 Å². The first-order chi connectivity index (χ1) is 8.09. The summed E-state index contributed by atoms with van der Waals surface area (Å²) in [5, 5.41) is 22.1. The van der Waals surface area contributed by atoms with Gasteiger partial charge in [0.05, 0.1) is 0 Å². The maximum Gasteiger partial charge on any atom is 0.194 e. The number of nitrogens with zero attached hydrogens (tertiary/aromatic N) is 1. The van der Waals surface area contributed by atoms with Crippen molar-refractivity contribution in [2.24, 2.45) is 0 Å². The number of aromatic hydroxyl groups is 2. The van der Waals surface area contributed by atoms with Crippen LogP contribution in [0.4, 0.5) is 4.39 Å². The third-order valence-electron chi connectivity index (χ3n) is 3.08. The van der Waals surface area contributed by atoms with Gasteiger partial charge in [0.25, 0.3) is 0 Å². The first-order valence-electron chi connectivity index (χ1n) is 5.72. The van der Waals surface area contributed by atoms with E-state index in [0.29, 0.717) is 17.7 Å². The number of rotatable bonds is 2. The van der Waals surface area contributed by atoms with Crippen molar-refractivity contribution in [3.05, 3.63) is 23.0 Å². The molecule has 0 amide bonds. The number of aryl methyl sites for hydroxylation is 1. The van der Waals surface area contributed by atoms with E-state index in [2.05, 4.69) is 10.2 Å². The van der Waals surface area contributed by atoms with Crippen LogP contribution in [0.15, 0.2) is 6.07 Å². The summed E-state index contributed by atoms with van der Waals surface area (Å²) < 4.78 is 13.7. The second kappa shape index (κ2) is 4.89. The summed E-state index contributed by atoms with van der Waals surface area (Å²) in [5.74, 6) is -1.73. The molecule has 94 valence electrons. The zero-order valence-electron chi connectivity index (χ0n) is 9.83. The summed E-state index contributed by atoms with van der Waals surface area (Å²) in [5.41, 5.74) is 0.925. The molecule has 1 aliphatic rings. The van der Waals surface area contributed by atoms with Gasteiger partial charge < -0.3 is 15.5 Å². The van der Waals surface area contributed by atoms with Crippen LogP contribution < -0.4 is 5.32 Å². The molecule has 3 N–H and O–H groups in total. The first-order valence-corrected chi connectivity index (χ1v) is 5.72. The molecule has 0 unspecified atom stereocenters. The lowest BCUT2D eigenvalue weighted by Gasteiger charge is -2.27. The molecule has 1 aromatic carbocycles. The van der Waals surface area contributed by atoms with Crippen LogP contribution >= 0.6 is 0 Å². The lowest BCUT2D eigenvalue weighted by Crippen LogP contribution is -2.43. The average molecular weight is 240 g/mol. The van der Waals surface area contributed by atoms with Crippen molar-refractivity contribution in [1.29, 1.82) is 0 Å². The van der Waals surface area contributed by atoms with E-state index in [1.165, 1.54) is 0 Å². The van der Waals surface area contributed by atoms with Gasteiger partial charge in [0, 0.05) is 38.3 Å². The van der Waals surface area contributed by atoms with Gasteiger partial charge >= 0.3 is 0 Å². The van der Waals surface area contributed by atoms with Crippen LogP contribution in [-0.2, 0) is 6.54 Å². The molecule has 0 bridgehead atoms. The topological polar surface area (TPSA) is 55.7 Å². The summed E-state index contributed by atoms with van der Waals surface area (Å²) in [7, 11) is 0. The lowest BCUT2D eigenvalue weighted by molar-refractivity contribution is 0.229. The number of phenolic OH excluding ortho intramolecular Hbond substituents is 2. The zero-order valence-corrected chi connectivity index (χ0v) is 9.83. The second-order valence-electron chi connectivity index (χ2n) is 4.39. The van der Waals surface area contributed by atoms with Crippen LogP contribution in [0.1, 0.15) is 11.1 Å². The van der Waals surface area contributed by atoms with Crippen LogP contribution in [0.3, 0.4) is 0 Å². The predicted octanol–water partition coefficient (Wildman–Crippen LogP) is 0.951. The molecule has 0 saturated carbocycles. The molecule has 5 heteroatoms. The molecule has 1 fully saturated rings. The number of piperazine rings is 1. The smallest absolute Gasteiger partial charge is 0.194 e. The van der Waals surface area contributed by atoms with Crippen molar-refractivity contribution in [2.45, 2.75) is 13.5 Å². The van der Waals surface area contributed by atoms with Gasteiger partial charge in [-0.25, -0.2) is 4.39 Å². The van der Waals surface area contributed by atoms with Crippen molar-refractivity contribution in [3.8, 4) is 11.5 Å². The Hall–Kier alpha value is -1.33. The molecule has 1 saturated heterocycles. The molecule has 4 nitrogen and oxygen atoms in total. The quantitative estimate of drug-likeness (QED) is 0.674. The molecular formula is C12H17FN2O2. The lowest BCUT2D eigenvalue weighted by atomic mass is 10.1. The summed E-state index contributed by atoms with van der Waals surface area (Å²) in [6, 6.07) is 1.59. The van der Waals surface area contributed by atoms with Crippen molar-refractivity contribution >= 4 is 0 Å². The number of halogens is 1. The van der Waals surface area contributed by atoms with Gasteiger partial charge in [-0.3, -0.25) is 4.90 Å². The van der Waals surface area contributed by atoms with Gasteiger partial charge in [-0.2, -0.15) is 0 Å². The van der Waals surface area contributed by atoms with Gasteiger partial charge in [-0.05, 0) is 18.6 Å². The number of hydrogen-bond donors (Lipinski definition) is 3. The third-order valence-corrected chi connectivity index (χ3v) is 3.08. The Labute approximate surface area is 99.7 Å². The molecular weight excluding hydrogens is 223 g/mol. The summed E-state index contributed by atoms with van der Waals surface area (Å²) in [6.45, 7) is 5.62. The Balaban J connectivity index is 2.20. The molecule has 1 heterocycles. The van der Waals surface area contributed by atoms with E-state index in [1.807, 2.05) is 0 Å². The van der Waals surface area contributed by atoms with Crippen LogP contribution in [0.5, 0.6) is 11.5 Å². The third kappa shape index (κ3) is 2.50. The van der Waals surface area contributed by atoms with Crippen molar-refractivity contribution in [2.75, 3.05) is 26.2 Å². The highest BCUT2D eigenvalue weighted by Gasteiger charge is 2.18. The summed E-state index contributed by atoms with van der Waals surface area (Å²) in [6.07, 6.45) is 0. The van der Waals surface area contributed by atoms with Crippen LogP contribution in [-0.4, -0.2) is 41.3 Å². The molecule has 0 aromatic heterocycles. The largest absolute Gasteiger partial charge is 0.504 e. The first kappa shape index (κ1) is 12.1. The SMILES string of the molecule is Cc1cc(CN2CCNCC2)c(F)c(O)c1O. The standard InChI is InChI=1S/C12H17FN2O2/c1-8-6-9(10(13)12(17)11(8)16)7-15-4-2-14-3-5-15/h6,14,16-17H,2-5,7H2,1H3. The highest BCUT2D eigenvalue weighted by Crippen LogP contribution is 2.33. The fourth-order valence-electron chi connectivity index (χ4n) is 2.06. The Morgan fingerprint density at radius 1 is 1.29 bits per heavy atom.